The number of ether oxygens (including phenoxy) is 1. The Bertz CT molecular complexity index is 1330. The SMILES string of the molecule is O=C1CC(c2ccc(NC(=O)c3cc(N4CCOCC4)cc(C(F)(F)F)c3)cc2)=Nc2cscc2N1. The predicted molar refractivity (Wildman–Crippen MR) is 133 cm³/mol. The number of hydrogen-bond donors (Lipinski definition) is 2. The van der Waals surface area contributed by atoms with Gasteiger partial charge in [0.25, 0.3) is 5.91 Å². The Morgan fingerprint density at radius 2 is 1.83 bits per heavy atom. The van der Waals surface area contributed by atoms with Crippen LogP contribution in [0.3, 0.4) is 0 Å². The summed E-state index contributed by atoms with van der Waals surface area (Å²) >= 11 is 1.43. The van der Waals surface area contributed by atoms with Gasteiger partial charge in [-0.15, -0.1) is 11.3 Å². The summed E-state index contributed by atoms with van der Waals surface area (Å²) in [7, 11) is 0. The Hall–Kier alpha value is -3.70. The van der Waals surface area contributed by atoms with Crippen molar-refractivity contribution in [3.63, 3.8) is 0 Å². The van der Waals surface area contributed by atoms with Gasteiger partial charge in [-0.3, -0.25) is 9.59 Å². The molecular formula is C25H21F3N4O3S. The summed E-state index contributed by atoms with van der Waals surface area (Å²) in [4.78, 5) is 31.5. The lowest BCUT2D eigenvalue weighted by Gasteiger charge is -2.29. The fourth-order valence-corrected chi connectivity index (χ4v) is 4.72. The molecule has 11 heteroatoms. The summed E-state index contributed by atoms with van der Waals surface area (Å²) in [5.74, 6) is -0.832. The van der Waals surface area contributed by atoms with Crippen LogP contribution in [0.25, 0.3) is 0 Å². The number of alkyl halides is 3. The normalized spacial score (nSPS) is 16.0. The lowest BCUT2D eigenvalue weighted by Crippen LogP contribution is -2.36. The van der Waals surface area contributed by atoms with Crippen molar-refractivity contribution in [2.45, 2.75) is 12.6 Å². The van der Waals surface area contributed by atoms with Crippen LogP contribution in [0.2, 0.25) is 0 Å². The average molecular weight is 515 g/mol. The molecule has 0 aliphatic carbocycles. The Balaban J connectivity index is 1.37. The summed E-state index contributed by atoms with van der Waals surface area (Å²) < 4.78 is 45.9. The van der Waals surface area contributed by atoms with Gasteiger partial charge in [-0.2, -0.15) is 13.2 Å². The number of aliphatic imine (C=N–C) groups is 1. The quantitative estimate of drug-likeness (QED) is 0.494. The van der Waals surface area contributed by atoms with Gasteiger partial charge in [0, 0.05) is 40.8 Å². The molecule has 0 saturated carbocycles. The number of carbonyl (C=O) groups is 2. The molecule has 2 aliphatic rings. The molecule has 36 heavy (non-hydrogen) atoms. The number of benzene rings is 2. The zero-order chi connectivity index (χ0) is 25.3. The highest BCUT2D eigenvalue weighted by molar-refractivity contribution is 7.09. The fourth-order valence-electron chi connectivity index (χ4n) is 4.03. The molecule has 0 radical (unpaired) electrons. The van der Waals surface area contributed by atoms with E-state index in [1.165, 1.54) is 17.4 Å². The molecule has 2 aromatic carbocycles. The minimum Gasteiger partial charge on any atom is -0.378 e. The molecule has 3 aromatic rings. The number of morpholine rings is 1. The number of anilines is 3. The van der Waals surface area contributed by atoms with Gasteiger partial charge in [0.2, 0.25) is 5.91 Å². The van der Waals surface area contributed by atoms with Crippen molar-refractivity contribution in [3.8, 4) is 0 Å². The standard InChI is InChI=1S/C25H21F3N4O3S/c26-25(27,28)17-9-16(10-19(11-17)32-5-7-35-8-6-32)24(34)29-18-3-1-15(2-4-18)20-12-23(33)31-22-14-36-13-21(22)30-20/h1-4,9-11,13-14H,5-8,12H2,(H,29,34)(H,31,33). The third kappa shape index (κ3) is 5.26. The van der Waals surface area contributed by atoms with Crippen molar-refractivity contribution in [1.29, 1.82) is 0 Å². The smallest absolute Gasteiger partial charge is 0.378 e. The van der Waals surface area contributed by atoms with E-state index in [4.69, 9.17) is 4.74 Å². The number of thiophene rings is 1. The second-order valence-corrected chi connectivity index (χ2v) is 9.09. The lowest BCUT2D eigenvalue weighted by atomic mass is 10.1. The number of nitrogens with one attached hydrogen (secondary N) is 2. The third-order valence-corrected chi connectivity index (χ3v) is 6.59. The maximum Gasteiger partial charge on any atom is 0.416 e. The molecule has 2 amide bonds. The molecule has 5 rings (SSSR count). The lowest BCUT2D eigenvalue weighted by molar-refractivity contribution is -0.137. The van der Waals surface area contributed by atoms with Crippen LogP contribution in [-0.2, 0) is 15.7 Å². The molecule has 0 unspecified atom stereocenters. The Morgan fingerprint density at radius 1 is 1.08 bits per heavy atom. The molecule has 0 atom stereocenters. The van der Waals surface area contributed by atoms with E-state index < -0.39 is 17.6 Å². The number of halogens is 3. The Labute approximate surface area is 208 Å². The molecule has 0 spiro atoms. The minimum atomic E-state index is -4.59. The van der Waals surface area contributed by atoms with Gasteiger partial charge in [-0.1, -0.05) is 12.1 Å². The van der Waals surface area contributed by atoms with Crippen molar-refractivity contribution in [2.24, 2.45) is 4.99 Å². The number of hydrogen-bond acceptors (Lipinski definition) is 6. The largest absolute Gasteiger partial charge is 0.416 e. The van der Waals surface area contributed by atoms with Crippen LogP contribution >= 0.6 is 11.3 Å². The molecule has 2 aliphatic heterocycles. The van der Waals surface area contributed by atoms with Gasteiger partial charge in [-0.25, -0.2) is 4.99 Å². The molecule has 0 bridgehead atoms. The van der Waals surface area contributed by atoms with Crippen molar-refractivity contribution in [3.05, 3.63) is 69.9 Å². The van der Waals surface area contributed by atoms with Gasteiger partial charge in [0.15, 0.2) is 0 Å². The van der Waals surface area contributed by atoms with E-state index in [1.807, 2.05) is 10.8 Å². The number of nitrogens with zero attached hydrogens (tertiary/aromatic N) is 2. The van der Waals surface area contributed by atoms with Crippen LogP contribution in [0.1, 0.15) is 27.9 Å². The fraction of sp³-hybridized carbons (Fsp3) is 0.240. The first-order chi connectivity index (χ1) is 17.3. The Kier molecular flexibility index (Phi) is 6.50. The zero-order valence-corrected chi connectivity index (χ0v) is 19.7. The van der Waals surface area contributed by atoms with Crippen LogP contribution in [0.5, 0.6) is 0 Å². The van der Waals surface area contributed by atoms with Crippen molar-refractivity contribution >= 4 is 51.6 Å². The second kappa shape index (κ2) is 9.75. The van der Waals surface area contributed by atoms with Crippen molar-refractivity contribution in [2.75, 3.05) is 41.8 Å². The van der Waals surface area contributed by atoms with Crippen LogP contribution in [0, 0.1) is 0 Å². The number of fused-ring (bicyclic) bond motifs is 1. The van der Waals surface area contributed by atoms with E-state index in [1.54, 1.807) is 29.2 Å². The summed E-state index contributed by atoms with van der Waals surface area (Å²) in [6.45, 7) is 1.70. The Morgan fingerprint density at radius 3 is 2.56 bits per heavy atom. The molecular weight excluding hydrogens is 493 g/mol. The molecule has 2 N–H and O–H groups in total. The first-order valence-corrected chi connectivity index (χ1v) is 12.1. The number of amides is 2. The van der Waals surface area contributed by atoms with Crippen LogP contribution in [-0.4, -0.2) is 43.8 Å². The van der Waals surface area contributed by atoms with Crippen LogP contribution in [0.15, 0.2) is 58.2 Å². The molecule has 7 nitrogen and oxygen atoms in total. The highest BCUT2D eigenvalue weighted by Crippen LogP contribution is 2.34. The third-order valence-electron chi connectivity index (χ3n) is 5.86. The van der Waals surface area contributed by atoms with E-state index in [-0.39, 0.29) is 17.9 Å². The van der Waals surface area contributed by atoms with E-state index >= 15 is 0 Å². The highest BCUT2D eigenvalue weighted by atomic mass is 32.1. The molecule has 1 aromatic heterocycles. The van der Waals surface area contributed by atoms with Gasteiger partial charge in [-0.05, 0) is 35.9 Å². The summed E-state index contributed by atoms with van der Waals surface area (Å²) in [6, 6.07) is 10.0. The highest BCUT2D eigenvalue weighted by Gasteiger charge is 2.32. The van der Waals surface area contributed by atoms with Crippen LogP contribution in [0.4, 0.5) is 35.9 Å². The maximum atomic E-state index is 13.5. The van der Waals surface area contributed by atoms with E-state index in [9.17, 15) is 22.8 Å². The number of carbonyl (C=O) groups excluding carboxylic acids is 2. The predicted octanol–water partition coefficient (Wildman–Crippen LogP) is 5.32. The monoisotopic (exact) mass is 514 g/mol. The first-order valence-electron chi connectivity index (χ1n) is 11.2. The average Bonchev–Trinajstić information content (AvgIpc) is 3.23. The van der Waals surface area contributed by atoms with E-state index in [0.29, 0.717) is 60.3 Å². The summed E-state index contributed by atoms with van der Waals surface area (Å²) in [5.41, 5.74) is 2.39. The molecule has 3 heterocycles. The summed E-state index contributed by atoms with van der Waals surface area (Å²) in [5, 5.41) is 9.13. The topological polar surface area (TPSA) is 83.0 Å². The molecule has 186 valence electrons. The second-order valence-electron chi connectivity index (χ2n) is 8.35. The minimum absolute atomic E-state index is 0.0924. The number of rotatable bonds is 4. The van der Waals surface area contributed by atoms with Gasteiger partial charge in [0.05, 0.1) is 42.3 Å². The molecule has 1 saturated heterocycles. The zero-order valence-electron chi connectivity index (χ0n) is 18.9. The summed E-state index contributed by atoms with van der Waals surface area (Å²) in [6.07, 6.45) is -4.49. The van der Waals surface area contributed by atoms with Crippen LogP contribution < -0.4 is 15.5 Å². The van der Waals surface area contributed by atoms with Gasteiger partial charge < -0.3 is 20.3 Å². The van der Waals surface area contributed by atoms with Crippen molar-refractivity contribution in [1.82, 2.24) is 0 Å². The van der Waals surface area contributed by atoms with Crippen molar-refractivity contribution < 1.29 is 27.5 Å². The van der Waals surface area contributed by atoms with Gasteiger partial charge in [0.1, 0.15) is 0 Å². The van der Waals surface area contributed by atoms with E-state index in [2.05, 4.69) is 15.6 Å². The first kappa shape index (κ1) is 24.0. The van der Waals surface area contributed by atoms with E-state index in [0.717, 1.165) is 12.1 Å². The van der Waals surface area contributed by atoms with Gasteiger partial charge >= 0.3 is 6.18 Å². The molecule has 1 fully saturated rings. The maximum absolute atomic E-state index is 13.5.